The van der Waals surface area contributed by atoms with Crippen LogP contribution in [0, 0.1) is 67.7 Å². The molecule has 0 radical (unpaired) electrons. The Morgan fingerprint density at radius 3 is 0.853 bits per heavy atom. The Morgan fingerprint density at radius 1 is 0.368 bits per heavy atom. The van der Waals surface area contributed by atoms with Crippen LogP contribution in [0.2, 0.25) is 0 Å². The summed E-state index contributed by atoms with van der Waals surface area (Å²) in [7, 11) is 0. The molecule has 0 spiro atoms. The number of rotatable bonds is 32. The number of ether oxygens (including phenoxy) is 7. The van der Waals surface area contributed by atoms with Gasteiger partial charge >= 0.3 is 12.2 Å². The Hall–Kier alpha value is -13.9. The molecule has 0 bridgehead atoms. The third kappa shape index (κ3) is 25.0. The summed E-state index contributed by atoms with van der Waals surface area (Å²) in [6, 6.07) is 50.6. The van der Waals surface area contributed by atoms with Crippen LogP contribution in [0.25, 0.3) is 45.0 Å². The second kappa shape index (κ2) is 44.5. The van der Waals surface area contributed by atoms with E-state index in [-0.39, 0.29) is 107 Å². The molecule has 12 aromatic rings. The van der Waals surface area contributed by atoms with Gasteiger partial charge in [-0.15, -0.1) is 26.8 Å². The van der Waals surface area contributed by atoms with Crippen LogP contribution in [0.1, 0.15) is 172 Å². The van der Waals surface area contributed by atoms with Crippen molar-refractivity contribution in [2.24, 2.45) is 0 Å². The van der Waals surface area contributed by atoms with Crippen LogP contribution in [0.15, 0.2) is 170 Å². The molecule has 8 heterocycles. The van der Waals surface area contributed by atoms with Crippen molar-refractivity contribution in [1.82, 2.24) is 60.4 Å². The van der Waals surface area contributed by atoms with Gasteiger partial charge in [0.25, 0.3) is 29.6 Å². The van der Waals surface area contributed by atoms with Crippen molar-refractivity contribution < 1.29 is 99.1 Å². The number of nitrogens with zero attached hydrogens (tertiary/aromatic N) is 8. The van der Waals surface area contributed by atoms with Crippen molar-refractivity contribution in [3.63, 3.8) is 0 Å². The zero-order valence-corrected chi connectivity index (χ0v) is 76.9. The number of hydrogen-bond donors (Lipinski definition) is 8. The minimum Gasteiger partial charge on any atom is -0.487 e. The van der Waals surface area contributed by atoms with Crippen LogP contribution >= 0.6 is 0 Å². The Kier molecular flexibility index (Phi) is 33.0. The summed E-state index contributed by atoms with van der Waals surface area (Å²) < 4.78 is 114. The number of benzene rings is 8. The van der Waals surface area contributed by atoms with Gasteiger partial charge < -0.3 is 73.2 Å². The lowest BCUT2D eigenvalue weighted by Gasteiger charge is -2.39. The third-order valence-electron chi connectivity index (χ3n) is 23.8. The van der Waals surface area contributed by atoms with Gasteiger partial charge in [0.05, 0.1) is 49.2 Å². The number of likely N-dealkylation sites (tertiary alicyclic amines) is 4. The van der Waals surface area contributed by atoms with Crippen molar-refractivity contribution in [3.8, 4) is 98.1 Å². The molecule has 4 aliphatic heterocycles. The molecule has 136 heavy (non-hydrogen) atoms. The highest BCUT2D eigenvalue weighted by molar-refractivity contribution is 5.99. The molecule has 8 N–H and O–H groups in total. The summed E-state index contributed by atoms with van der Waals surface area (Å²) in [5.41, 5.74) is 21.4. The third-order valence-corrected chi connectivity index (χ3v) is 23.8. The number of aromatic nitrogens is 8. The van der Waals surface area contributed by atoms with Crippen LogP contribution in [-0.4, -0.2) is 234 Å². The number of amides is 4. The van der Waals surface area contributed by atoms with Gasteiger partial charge in [0, 0.05) is 182 Å². The number of H-pyrrole nitrogens is 4. The average Bonchev–Trinajstić information content (AvgIpc) is 1.62. The summed E-state index contributed by atoms with van der Waals surface area (Å²) in [5, 5.41) is 64.6. The maximum atomic E-state index is 13.1. The molecule has 4 saturated heterocycles. The van der Waals surface area contributed by atoms with Crippen LogP contribution in [0.3, 0.4) is 0 Å². The van der Waals surface area contributed by atoms with Gasteiger partial charge in [0.15, 0.2) is 6.61 Å². The SMILES string of the molecule is C.C#Cc1ccc(C2CN(C(=O)c3ccc(C)c(-c4[nH]nc(OCCCO)c4C)c3)C2)cc1.Cc1ccc(C(=O)N2CC(c3ccc(OC(C)(F)F)cc3)C2)cc1-c1[nH]nc(OCCO)c1C.Cc1ccc(C(=O)N2CC(c3ccc(OC(C)(F)F)cc3)C2)cc1-c1[nH]nc(OCCO)c1C.Cc1ccc(C(=O)N2CC(c3ccc(OCC(C)(F)F)cc3)C2)cc1-c1[nH]nc(OCCO)c1C. The van der Waals surface area contributed by atoms with E-state index in [0.717, 1.165) is 119 Å². The highest BCUT2D eigenvalue weighted by atomic mass is 19.3. The quantitative estimate of drug-likeness (QED) is 0.0110. The minimum absolute atomic E-state index is 0. The first-order chi connectivity index (χ1) is 64.5. The monoisotopic (exact) mass is 1870 g/mol. The van der Waals surface area contributed by atoms with Crippen molar-refractivity contribution >= 4 is 23.6 Å². The Balaban J connectivity index is 0.000000163. The number of aromatic amines is 4. The molecule has 4 aliphatic rings. The van der Waals surface area contributed by atoms with E-state index < -0.39 is 24.7 Å². The molecule has 0 aliphatic carbocycles. The van der Waals surface area contributed by atoms with Crippen molar-refractivity contribution in [2.75, 3.05) is 112 Å². The number of terminal acetylenes is 1. The number of alkyl halides is 6. The lowest BCUT2D eigenvalue weighted by molar-refractivity contribution is -0.159. The largest absolute Gasteiger partial charge is 0.487 e. The van der Waals surface area contributed by atoms with Crippen LogP contribution in [-0.2, 0) is 0 Å². The molecule has 4 amide bonds. The van der Waals surface area contributed by atoms with E-state index in [2.05, 4.69) is 56.2 Å². The number of nitrogens with one attached hydrogen (secondary N) is 4. The summed E-state index contributed by atoms with van der Waals surface area (Å²) in [6.07, 6.45) is -0.473. The van der Waals surface area contributed by atoms with Gasteiger partial charge in [-0.1, -0.05) is 86.1 Å². The maximum Gasteiger partial charge on any atom is 0.394 e. The predicted molar refractivity (Wildman–Crippen MR) is 503 cm³/mol. The lowest BCUT2D eigenvalue weighted by atomic mass is 9.90. The Bertz CT molecular complexity index is 5970. The van der Waals surface area contributed by atoms with Crippen LogP contribution in [0.4, 0.5) is 26.3 Å². The Morgan fingerprint density at radius 2 is 0.618 bits per heavy atom. The molecule has 4 fully saturated rings. The van der Waals surface area contributed by atoms with E-state index in [1.807, 2.05) is 157 Å². The van der Waals surface area contributed by atoms with Crippen molar-refractivity contribution in [1.29, 1.82) is 0 Å². The summed E-state index contributed by atoms with van der Waals surface area (Å²) >= 11 is 0. The van der Waals surface area contributed by atoms with Crippen LogP contribution < -0.4 is 33.2 Å². The van der Waals surface area contributed by atoms with Gasteiger partial charge in [-0.3, -0.25) is 39.6 Å². The van der Waals surface area contributed by atoms with E-state index in [1.54, 1.807) is 63.2 Å². The number of carbonyl (C=O) groups excluding carboxylic acids is 4. The van der Waals surface area contributed by atoms with Gasteiger partial charge in [0.1, 0.15) is 37.1 Å². The molecule has 0 unspecified atom stereocenters. The number of aliphatic hydroxyl groups excluding tert-OH is 4. The van der Waals surface area contributed by atoms with Crippen LogP contribution in [0.5, 0.6) is 40.8 Å². The molecule has 8 aromatic carbocycles. The maximum absolute atomic E-state index is 13.1. The van der Waals surface area contributed by atoms with E-state index >= 15 is 0 Å². The molecule has 0 saturated carbocycles. The zero-order valence-electron chi connectivity index (χ0n) is 76.9. The second-order valence-corrected chi connectivity index (χ2v) is 34.2. The summed E-state index contributed by atoms with van der Waals surface area (Å²) in [6.45, 7) is 22.4. The number of aliphatic hydroxyl groups is 4. The number of hydrogen-bond acceptors (Lipinski definition) is 19. The van der Waals surface area contributed by atoms with Gasteiger partial charge in [-0.25, -0.2) is 8.78 Å². The highest BCUT2D eigenvalue weighted by Crippen LogP contribution is 2.41. The second-order valence-electron chi connectivity index (χ2n) is 34.2. The summed E-state index contributed by atoms with van der Waals surface area (Å²) in [5.74, 6) is 2.79. The summed E-state index contributed by atoms with van der Waals surface area (Å²) in [4.78, 5) is 59.6. The first kappa shape index (κ1) is 101. The standard InChI is InChI=1S/C26H29F2N3O4.C26H27N3O3.2C25H27F2N3O4.CH4/c1-16-4-5-19(12-22(16)23-17(2)24(30-29-23)34-11-10-32)25(33)31-13-20(14-31)18-6-8-21(9-7-18)35-15-26(3,27)28;1-4-19-7-10-20(11-8-19)22-15-29(16-22)26(31)21-9-6-17(2)23(14-21)24-18(3)25(28-27-24)32-13-5-12-30;2*1-15-4-5-18(12-21(15)22-16(2)23(29-28-22)33-11-10-31)24(32)30-13-19(14-30)17-6-8-20(9-7-17)34-25(3,26)27;/h4-9,12,20,32H,10-11,13-15H2,1-3H3,(H,29,30);1,6-11,14,22,30H,5,12-13,15-16H2,2-3H3,(H,27,28);2*4-9,12,19,31H,10-11,13-14H2,1-3H3,(H,28,29);1H4. The molecular weight excluding hydrogens is 1760 g/mol. The minimum atomic E-state index is -3.23. The number of aryl methyl sites for hydroxylation is 4. The normalized spacial score (nSPS) is 13.9. The molecular formula is C103H114F6N12O15. The molecule has 718 valence electrons. The topological polar surface area (TPSA) is 341 Å². The highest BCUT2D eigenvalue weighted by Gasteiger charge is 2.38. The van der Waals surface area contributed by atoms with Gasteiger partial charge in [-0.2, -0.15) is 17.6 Å². The molecule has 33 heteroatoms. The fourth-order valence-corrected chi connectivity index (χ4v) is 16.0. The smallest absolute Gasteiger partial charge is 0.394 e. The Labute approximate surface area is 785 Å². The molecule has 0 atom stereocenters. The van der Waals surface area contributed by atoms with Crippen molar-refractivity contribution in [2.45, 2.75) is 132 Å². The van der Waals surface area contributed by atoms with E-state index in [4.69, 9.17) is 50.5 Å². The first-order valence-electron chi connectivity index (χ1n) is 44.3. The fourth-order valence-electron chi connectivity index (χ4n) is 16.0. The zero-order chi connectivity index (χ0) is 96.7. The van der Waals surface area contributed by atoms with Gasteiger partial charge in [-0.05, 0) is 197 Å². The predicted octanol–water partition coefficient (Wildman–Crippen LogP) is 17.2. The lowest BCUT2D eigenvalue weighted by Crippen LogP contribution is -2.48. The molecule has 4 aromatic heterocycles. The first-order valence-corrected chi connectivity index (χ1v) is 44.3. The average molecular weight is 1870 g/mol. The number of halogens is 6. The molecule has 16 rings (SSSR count). The molecule has 27 nitrogen and oxygen atoms in total. The number of carbonyl (C=O) groups is 4. The van der Waals surface area contributed by atoms with E-state index in [9.17, 15) is 45.5 Å². The van der Waals surface area contributed by atoms with E-state index in [1.165, 1.54) is 29.8 Å². The van der Waals surface area contributed by atoms with Gasteiger partial charge in [0.2, 0.25) is 23.5 Å². The fraction of sp³-hybridized carbons (Fsp3) is 0.359. The van der Waals surface area contributed by atoms with Crippen molar-refractivity contribution in [3.05, 3.63) is 264 Å². The van der Waals surface area contributed by atoms with E-state index in [0.29, 0.717) is 137 Å².